The number of nitrogens with two attached hydrogens (primary N) is 2. The van der Waals surface area contributed by atoms with Crippen molar-refractivity contribution in [3.8, 4) is 0 Å². The fourth-order valence-corrected chi connectivity index (χ4v) is 1.40. The number of carbonyl (C=O) groups excluding carboxylic acids is 1. The highest BCUT2D eigenvalue weighted by Crippen LogP contribution is 2.16. The molecule has 0 atom stereocenters. The van der Waals surface area contributed by atoms with Crippen molar-refractivity contribution in [3.05, 3.63) is 23.8 Å². The molecule has 0 bridgehead atoms. The highest BCUT2D eigenvalue weighted by Gasteiger charge is 2.15. The van der Waals surface area contributed by atoms with Crippen molar-refractivity contribution in [2.75, 3.05) is 18.0 Å². The highest BCUT2D eigenvalue weighted by atomic mass is 16.6. The van der Waals surface area contributed by atoms with E-state index in [9.17, 15) is 4.79 Å². The Balaban J connectivity index is 2.38. The number of amides is 1. The first-order valence-corrected chi connectivity index (χ1v) is 5.88. The lowest BCUT2D eigenvalue weighted by Crippen LogP contribution is -2.33. The quantitative estimate of drug-likeness (QED) is 0.716. The molecule has 1 amide bonds. The lowest BCUT2D eigenvalue weighted by Gasteiger charge is -2.19. The molecular formula is C13H21N3O2. The molecule has 0 radical (unpaired) electrons. The predicted octanol–water partition coefficient (Wildman–Crippen LogP) is 1.92. The number of carbonyl (C=O) groups is 1. The summed E-state index contributed by atoms with van der Waals surface area (Å²) >= 11 is 0. The summed E-state index contributed by atoms with van der Waals surface area (Å²) in [4.78, 5) is 11.4. The van der Waals surface area contributed by atoms with Crippen molar-refractivity contribution in [2.45, 2.75) is 32.8 Å². The second-order valence-electron chi connectivity index (χ2n) is 5.14. The van der Waals surface area contributed by atoms with Gasteiger partial charge in [0.1, 0.15) is 5.60 Å². The monoisotopic (exact) mass is 251 g/mol. The van der Waals surface area contributed by atoms with E-state index in [4.69, 9.17) is 16.2 Å². The molecule has 0 aliphatic heterocycles. The molecule has 1 aromatic rings. The Morgan fingerprint density at radius 3 is 2.50 bits per heavy atom. The Morgan fingerprint density at radius 2 is 1.94 bits per heavy atom. The first kappa shape index (κ1) is 14.2. The Hall–Kier alpha value is -1.91. The van der Waals surface area contributed by atoms with Crippen LogP contribution in [0.4, 0.5) is 16.2 Å². The summed E-state index contributed by atoms with van der Waals surface area (Å²) < 4.78 is 5.12. The number of nitrogen functional groups attached to an aromatic ring is 2. The van der Waals surface area contributed by atoms with Gasteiger partial charge in [0.05, 0.1) is 11.4 Å². The van der Waals surface area contributed by atoms with Gasteiger partial charge in [0.2, 0.25) is 0 Å². The topological polar surface area (TPSA) is 90.4 Å². The molecule has 0 spiro atoms. The van der Waals surface area contributed by atoms with Crippen LogP contribution in [0.15, 0.2) is 18.2 Å². The molecule has 0 aromatic heterocycles. The number of ether oxygens (including phenoxy) is 1. The fourth-order valence-electron chi connectivity index (χ4n) is 1.40. The largest absolute Gasteiger partial charge is 0.444 e. The van der Waals surface area contributed by atoms with Gasteiger partial charge < -0.3 is 21.5 Å². The molecule has 0 unspecified atom stereocenters. The van der Waals surface area contributed by atoms with Gasteiger partial charge in [-0.2, -0.15) is 0 Å². The van der Waals surface area contributed by atoms with Crippen LogP contribution >= 0.6 is 0 Å². The van der Waals surface area contributed by atoms with Gasteiger partial charge in [-0.25, -0.2) is 4.79 Å². The number of rotatable bonds is 3. The van der Waals surface area contributed by atoms with Crippen LogP contribution < -0.4 is 16.8 Å². The lowest BCUT2D eigenvalue weighted by molar-refractivity contribution is 0.0528. The Labute approximate surface area is 107 Å². The summed E-state index contributed by atoms with van der Waals surface area (Å²) in [5.41, 5.74) is 13.0. The molecule has 0 fully saturated rings. The lowest BCUT2D eigenvalue weighted by atomic mass is 10.1. The molecule has 1 aromatic carbocycles. The van der Waals surface area contributed by atoms with Crippen LogP contribution in [0.1, 0.15) is 26.3 Å². The van der Waals surface area contributed by atoms with Gasteiger partial charge >= 0.3 is 6.09 Å². The van der Waals surface area contributed by atoms with Gasteiger partial charge in [0.25, 0.3) is 0 Å². The van der Waals surface area contributed by atoms with E-state index in [0.29, 0.717) is 24.3 Å². The summed E-state index contributed by atoms with van der Waals surface area (Å²) in [6, 6.07) is 5.46. The fraction of sp³-hybridized carbons (Fsp3) is 0.462. The maximum atomic E-state index is 11.4. The second kappa shape index (κ2) is 5.62. The number of benzene rings is 1. The van der Waals surface area contributed by atoms with E-state index in [-0.39, 0.29) is 0 Å². The van der Waals surface area contributed by atoms with Crippen LogP contribution in [-0.2, 0) is 11.2 Å². The number of anilines is 2. The van der Waals surface area contributed by atoms with E-state index in [0.717, 1.165) is 5.56 Å². The number of nitrogens with one attached hydrogen (secondary N) is 1. The molecule has 5 heteroatoms. The average Bonchev–Trinajstić information content (AvgIpc) is 2.20. The number of hydrogen-bond acceptors (Lipinski definition) is 4. The van der Waals surface area contributed by atoms with E-state index in [2.05, 4.69) is 5.32 Å². The van der Waals surface area contributed by atoms with E-state index in [1.54, 1.807) is 6.07 Å². The van der Waals surface area contributed by atoms with Crippen molar-refractivity contribution in [1.29, 1.82) is 0 Å². The van der Waals surface area contributed by atoms with E-state index >= 15 is 0 Å². The molecule has 1 rings (SSSR count). The molecule has 100 valence electrons. The summed E-state index contributed by atoms with van der Waals surface area (Å²) in [5.74, 6) is 0. The number of alkyl carbamates (subject to hydrolysis) is 1. The zero-order valence-electron chi connectivity index (χ0n) is 11.1. The SMILES string of the molecule is CC(C)(C)OC(=O)NCCc1ccc(N)c(N)c1. The Kier molecular flexibility index (Phi) is 4.42. The maximum absolute atomic E-state index is 11.4. The van der Waals surface area contributed by atoms with Crippen LogP contribution in [0.25, 0.3) is 0 Å². The minimum absolute atomic E-state index is 0.411. The van der Waals surface area contributed by atoms with Gasteiger partial charge in [0.15, 0.2) is 0 Å². The van der Waals surface area contributed by atoms with Gasteiger partial charge in [-0.15, -0.1) is 0 Å². The summed E-state index contributed by atoms with van der Waals surface area (Å²) in [6.45, 7) is 5.98. The van der Waals surface area contributed by atoms with Crippen molar-refractivity contribution in [2.24, 2.45) is 0 Å². The van der Waals surface area contributed by atoms with Crippen molar-refractivity contribution in [3.63, 3.8) is 0 Å². The van der Waals surface area contributed by atoms with Crippen molar-refractivity contribution < 1.29 is 9.53 Å². The molecule has 5 nitrogen and oxygen atoms in total. The Bertz CT molecular complexity index is 425. The normalized spacial score (nSPS) is 11.1. The summed E-state index contributed by atoms with van der Waals surface area (Å²) in [5, 5.41) is 2.69. The molecule has 18 heavy (non-hydrogen) atoms. The van der Waals surface area contributed by atoms with Crippen LogP contribution in [0.5, 0.6) is 0 Å². The van der Waals surface area contributed by atoms with Gasteiger partial charge in [-0.3, -0.25) is 0 Å². The van der Waals surface area contributed by atoms with E-state index in [1.165, 1.54) is 0 Å². The molecule has 0 aliphatic rings. The van der Waals surface area contributed by atoms with Gasteiger partial charge in [-0.05, 0) is 44.9 Å². The minimum atomic E-state index is -0.476. The van der Waals surface area contributed by atoms with Crippen LogP contribution in [0, 0.1) is 0 Å². The average molecular weight is 251 g/mol. The van der Waals surface area contributed by atoms with Crippen molar-refractivity contribution >= 4 is 17.5 Å². The predicted molar refractivity (Wildman–Crippen MR) is 73.2 cm³/mol. The second-order valence-corrected chi connectivity index (χ2v) is 5.14. The van der Waals surface area contributed by atoms with Crippen LogP contribution in [0.2, 0.25) is 0 Å². The first-order chi connectivity index (χ1) is 8.28. The third kappa shape index (κ3) is 4.95. The molecule has 0 aliphatic carbocycles. The van der Waals surface area contributed by atoms with Crippen LogP contribution in [-0.4, -0.2) is 18.2 Å². The van der Waals surface area contributed by atoms with E-state index in [1.807, 2.05) is 32.9 Å². The molecule has 0 heterocycles. The van der Waals surface area contributed by atoms with E-state index < -0.39 is 11.7 Å². The summed E-state index contributed by atoms with van der Waals surface area (Å²) in [6.07, 6.45) is 0.273. The van der Waals surface area contributed by atoms with Gasteiger partial charge in [-0.1, -0.05) is 6.07 Å². The summed E-state index contributed by atoms with van der Waals surface area (Å²) in [7, 11) is 0. The third-order valence-corrected chi connectivity index (χ3v) is 2.23. The smallest absolute Gasteiger partial charge is 0.407 e. The molecule has 0 saturated heterocycles. The highest BCUT2D eigenvalue weighted by molar-refractivity contribution is 5.67. The van der Waals surface area contributed by atoms with Crippen LogP contribution in [0.3, 0.4) is 0 Å². The zero-order chi connectivity index (χ0) is 13.8. The van der Waals surface area contributed by atoms with Crippen molar-refractivity contribution in [1.82, 2.24) is 5.32 Å². The molecule has 0 saturated carbocycles. The first-order valence-electron chi connectivity index (χ1n) is 5.88. The Morgan fingerprint density at radius 1 is 1.28 bits per heavy atom. The standard InChI is InChI=1S/C13H21N3O2/c1-13(2,3)18-12(17)16-7-6-9-4-5-10(14)11(15)8-9/h4-5,8H,6-7,14-15H2,1-3H3,(H,16,17). The minimum Gasteiger partial charge on any atom is -0.444 e. The maximum Gasteiger partial charge on any atom is 0.407 e. The molecule has 5 N–H and O–H groups in total. The third-order valence-electron chi connectivity index (χ3n) is 2.23. The number of hydrogen-bond donors (Lipinski definition) is 3. The molecular weight excluding hydrogens is 230 g/mol. The van der Waals surface area contributed by atoms with Gasteiger partial charge in [0, 0.05) is 6.54 Å². The zero-order valence-corrected chi connectivity index (χ0v) is 11.1.